The minimum atomic E-state index is -4.22. The minimum absolute atomic E-state index is 0.148. The summed E-state index contributed by atoms with van der Waals surface area (Å²) in [6.45, 7) is 4.39. The van der Waals surface area contributed by atoms with E-state index in [-0.39, 0.29) is 16.2 Å². The molecule has 0 spiro atoms. The zero-order chi connectivity index (χ0) is 13.5. The number of rotatable bonds is 3. The summed E-state index contributed by atoms with van der Waals surface area (Å²) in [6.07, 6.45) is 2.39. The molecule has 0 amide bonds. The highest BCUT2D eigenvalue weighted by Crippen LogP contribution is 2.22. The Morgan fingerprint density at radius 1 is 1.35 bits per heavy atom. The molecule has 1 aromatic rings. The lowest BCUT2D eigenvalue weighted by molar-refractivity contribution is 0.461. The lowest BCUT2D eigenvalue weighted by atomic mass is 10.2. The van der Waals surface area contributed by atoms with E-state index in [2.05, 4.69) is 6.92 Å². The number of benzene rings is 1. The molecule has 0 aliphatic rings. The van der Waals surface area contributed by atoms with Gasteiger partial charge in [0.15, 0.2) is 0 Å². The maximum atomic E-state index is 10.7. The van der Waals surface area contributed by atoms with Crippen molar-refractivity contribution in [2.24, 2.45) is 5.73 Å². The van der Waals surface area contributed by atoms with Crippen molar-refractivity contribution in [1.82, 2.24) is 0 Å². The van der Waals surface area contributed by atoms with Crippen molar-refractivity contribution >= 4 is 10.1 Å². The number of hydrogen-bond donors (Lipinski definition) is 3. The predicted octanol–water partition coefficient (Wildman–Crippen LogP) is 1.69. The van der Waals surface area contributed by atoms with Gasteiger partial charge in [-0.1, -0.05) is 19.4 Å². The van der Waals surface area contributed by atoms with Crippen molar-refractivity contribution in [3.8, 4) is 5.75 Å². The van der Waals surface area contributed by atoms with Gasteiger partial charge in [-0.2, -0.15) is 8.42 Å². The summed E-state index contributed by atoms with van der Waals surface area (Å²) in [5.41, 5.74) is 5.29. The Labute approximate surface area is 102 Å². The fourth-order valence-electron chi connectivity index (χ4n) is 1.09. The maximum Gasteiger partial charge on any atom is 0.294 e. The van der Waals surface area contributed by atoms with Crippen molar-refractivity contribution in [2.45, 2.75) is 31.6 Å². The van der Waals surface area contributed by atoms with Crippen molar-refractivity contribution in [3.63, 3.8) is 0 Å². The van der Waals surface area contributed by atoms with Gasteiger partial charge in [0.1, 0.15) is 10.6 Å². The van der Waals surface area contributed by atoms with Crippen molar-refractivity contribution in [3.05, 3.63) is 23.8 Å². The van der Waals surface area contributed by atoms with Gasteiger partial charge in [-0.3, -0.25) is 4.55 Å². The lowest BCUT2D eigenvalue weighted by Crippen LogP contribution is -2.00. The van der Waals surface area contributed by atoms with E-state index in [1.54, 1.807) is 0 Å². The van der Waals surface area contributed by atoms with Gasteiger partial charge in [0.05, 0.1) is 0 Å². The van der Waals surface area contributed by atoms with Crippen LogP contribution in [-0.2, 0) is 10.1 Å². The van der Waals surface area contributed by atoms with Crippen LogP contribution in [0.4, 0.5) is 0 Å². The van der Waals surface area contributed by atoms with Crippen LogP contribution in [0.2, 0.25) is 0 Å². The second kappa shape index (κ2) is 7.26. The second-order valence-electron chi connectivity index (χ2n) is 3.52. The molecule has 0 atom stereocenters. The summed E-state index contributed by atoms with van der Waals surface area (Å²) in [5, 5.41) is 9.09. The Kier molecular flexibility index (Phi) is 6.79. The van der Waals surface area contributed by atoms with Gasteiger partial charge in [-0.25, -0.2) is 0 Å². The van der Waals surface area contributed by atoms with Crippen LogP contribution in [0, 0.1) is 6.92 Å². The Hall–Kier alpha value is -1.11. The Bertz CT molecular complexity index is 441. The Morgan fingerprint density at radius 3 is 2.24 bits per heavy atom. The summed E-state index contributed by atoms with van der Waals surface area (Å²) < 4.78 is 30.0. The average molecular weight is 261 g/mol. The van der Waals surface area contributed by atoms with Gasteiger partial charge in [-0.05, 0) is 32.0 Å². The quantitative estimate of drug-likeness (QED) is 0.719. The molecule has 0 aliphatic heterocycles. The van der Waals surface area contributed by atoms with E-state index in [4.69, 9.17) is 15.4 Å². The molecule has 0 aliphatic carbocycles. The van der Waals surface area contributed by atoms with E-state index in [0.717, 1.165) is 6.54 Å². The SMILES string of the molecule is CCCCN.Cc1c(O)cccc1S(=O)(=O)O. The average Bonchev–Trinajstić information content (AvgIpc) is 2.22. The van der Waals surface area contributed by atoms with Gasteiger partial charge in [0.25, 0.3) is 10.1 Å². The van der Waals surface area contributed by atoms with Crippen LogP contribution < -0.4 is 5.73 Å². The summed E-state index contributed by atoms with van der Waals surface area (Å²) in [5.74, 6) is -0.148. The molecule has 0 saturated carbocycles. The summed E-state index contributed by atoms with van der Waals surface area (Å²) in [7, 11) is -4.22. The summed E-state index contributed by atoms with van der Waals surface area (Å²) >= 11 is 0. The van der Waals surface area contributed by atoms with Gasteiger partial charge < -0.3 is 10.8 Å². The molecule has 4 N–H and O–H groups in total. The van der Waals surface area contributed by atoms with Crippen molar-refractivity contribution in [1.29, 1.82) is 0 Å². The molecule has 0 saturated heterocycles. The Balaban J connectivity index is 0.000000437. The lowest BCUT2D eigenvalue weighted by Gasteiger charge is -2.02. The standard InChI is InChI=1S/C7H8O4S.C4H11N/c1-5-6(8)3-2-4-7(5)12(9,10)11;1-2-3-4-5/h2-4,8H,1H3,(H,9,10,11);2-5H2,1H3. The number of phenols is 1. The summed E-state index contributed by atoms with van der Waals surface area (Å²) in [4.78, 5) is -0.262. The van der Waals surface area contributed by atoms with Gasteiger partial charge in [-0.15, -0.1) is 0 Å². The van der Waals surface area contributed by atoms with Crippen LogP contribution in [-0.4, -0.2) is 24.6 Å². The first-order chi connectivity index (χ1) is 7.84. The predicted molar refractivity (Wildman–Crippen MR) is 66.6 cm³/mol. The second-order valence-corrected chi connectivity index (χ2v) is 4.91. The fraction of sp³-hybridized carbons (Fsp3) is 0.455. The van der Waals surface area contributed by atoms with Crippen LogP contribution in [0.1, 0.15) is 25.3 Å². The van der Waals surface area contributed by atoms with Gasteiger partial charge in [0, 0.05) is 5.56 Å². The van der Waals surface area contributed by atoms with Crippen LogP contribution in [0.15, 0.2) is 23.1 Å². The maximum absolute atomic E-state index is 10.7. The highest BCUT2D eigenvalue weighted by Gasteiger charge is 2.14. The molecule has 0 radical (unpaired) electrons. The zero-order valence-corrected chi connectivity index (χ0v) is 10.9. The molecule has 0 fully saturated rings. The molecule has 1 aromatic carbocycles. The van der Waals surface area contributed by atoms with E-state index in [1.807, 2.05) is 0 Å². The van der Waals surface area contributed by atoms with E-state index < -0.39 is 10.1 Å². The first kappa shape index (κ1) is 15.9. The first-order valence-corrected chi connectivity index (χ1v) is 6.74. The third-order valence-electron chi connectivity index (χ3n) is 2.09. The van der Waals surface area contributed by atoms with Crippen molar-refractivity contribution in [2.75, 3.05) is 6.54 Å². The first-order valence-electron chi connectivity index (χ1n) is 5.30. The van der Waals surface area contributed by atoms with E-state index in [1.165, 1.54) is 38.0 Å². The zero-order valence-electron chi connectivity index (χ0n) is 10.0. The number of aromatic hydroxyl groups is 1. The Morgan fingerprint density at radius 2 is 1.94 bits per heavy atom. The van der Waals surface area contributed by atoms with E-state index >= 15 is 0 Å². The number of nitrogens with two attached hydrogens (primary N) is 1. The molecule has 0 aromatic heterocycles. The molecule has 17 heavy (non-hydrogen) atoms. The largest absolute Gasteiger partial charge is 0.508 e. The van der Waals surface area contributed by atoms with Crippen LogP contribution >= 0.6 is 0 Å². The highest BCUT2D eigenvalue weighted by molar-refractivity contribution is 7.85. The van der Waals surface area contributed by atoms with Crippen LogP contribution in [0.25, 0.3) is 0 Å². The van der Waals surface area contributed by atoms with Gasteiger partial charge >= 0.3 is 0 Å². The smallest absolute Gasteiger partial charge is 0.294 e. The summed E-state index contributed by atoms with van der Waals surface area (Å²) in [6, 6.07) is 3.93. The molecule has 5 nitrogen and oxygen atoms in total. The van der Waals surface area contributed by atoms with Gasteiger partial charge in [0.2, 0.25) is 0 Å². The fourth-order valence-corrected chi connectivity index (χ4v) is 1.83. The van der Waals surface area contributed by atoms with E-state index in [0.29, 0.717) is 0 Å². The van der Waals surface area contributed by atoms with Crippen LogP contribution in [0.5, 0.6) is 5.75 Å². The third kappa shape index (κ3) is 5.67. The number of hydrogen-bond acceptors (Lipinski definition) is 4. The molecule has 1 rings (SSSR count). The topological polar surface area (TPSA) is 101 Å². The number of unbranched alkanes of at least 4 members (excludes halogenated alkanes) is 1. The molecular formula is C11H19NO4S. The number of phenolic OH excluding ortho intramolecular Hbond substituents is 1. The highest BCUT2D eigenvalue weighted by atomic mass is 32.2. The monoisotopic (exact) mass is 261 g/mol. The van der Waals surface area contributed by atoms with Crippen molar-refractivity contribution < 1.29 is 18.1 Å². The third-order valence-corrected chi connectivity index (χ3v) is 3.09. The molecule has 98 valence electrons. The molecular weight excluding hydrogens is 242 g/mol. The molecule has 0 heterocycles. The molecule has 0 bridgehead atoms. The minimum Gasteiger partial charge on any atom is -0.508 e. The van der Waals surface area contributed by atoms with E-state index in [9.17, 15) is 8.42 Å². The molecule has 0 unspecified atom stereocenters. The van der Waals surface area contributed by atoms with Crippen LogP contribution in [0.3, 0.4) is 0 Å². The normalized spacial score (nSPS) is 10.6. The molecule has 6 heteroatoms.